The monoisotopic (exact) mass is 812 g/mol. The van der Waals surface area contributed by atoms with E-state index in [1.54, 1.807) is 0 Å². The first-order chi connectivity index (χ1) is 27.1. The van der Waals surface area contributed by atoms with E-state index < -0.39 is 13.9 Å². The van der Waals surface area contributed by atoms with E-state index in [1.807, 2.05) is 21.1 Å². The Hall–Kier alpha value is -1.28. The molecule has 2 unspecified atom stereocenters. The van der Waals surface area contributed by atoms with E-state index in [1.165, 1.54) is 122 Å². The summed E-state index contributed by atoms with van der Waals surface area (Å²) in [6.07, 6.45) is 47.3. The minimum absolute atomic E-state index is 0.0226. The molecule has 0 aliphatic rings. The van der Waals surface area contributed by atoms with Gasteiger partial charge in [-0.15, -0.1) is 0 Å². The summed E-state index contributed by atoms with van der Waals surface area (Å²) in [6.45, 7) is 5.37. The Morgan fingerprint density at radius 2 is 0.982 bits per heavy atom. The number of phosphoric ester groups is 1. The first-order valence-corrected chi connectivity index (χ1v) is 24.7. The van der Waals surface area contributed by atoms with Crippen molar-refractivity contribution < 1.29 is 37.3 Å². The van der Waals surface area contributed by atoms with Gasteiger partial charge < -0.3 is 27.9 Å². The molecule has 0 bridgehead atoms. The van der Waals surface area contributed by atoms with Crippen LogP contribution >= 0.6 is 7.82 Å². The molecule has 0 aromatic rings. The maximum absolute atomic E-state index is 12.7. The molecule has 0 aromatic heterocycles. The topological polar surface area (TPSA) is 94.1 Å². The molecule has 0 radical (unpaired) electrons. The molecule has 0 aliphatic carbocycles. The summed E-state index contributed by atoms with van der Waals surface area (Å²) in [6, 6.07) is 0. The molecule has 2 atom stereocenters. The van der Waals surface area contributed by atoms with Gasteiger partial charge in [-0.3, -0.25) is 9.36 Å². The molecule has 0 saturated carbocycles. The number of nitrogens with zero attached hydrogens (tertiary/aromatic N) is 1. The number of carbonyl (C=O) groups is 1. The largest absolute Gasteiger partial charge is 0.756 e. The van der Waals surface area contributed by atoms with Gasteiger partial charge in [0, 0.05) is 13.0 Å². The van der Waals surface area contributed by atoms with E-state index >= 15 is 0 Å². The molecule has 56 heavy (non-hydrogen) atoms. The minimum Gasteiger partial charge on any atom is -0.756 e. The molecule has 0 amide bonds. The highest BCUT2D eigenvalue weighted by Gasteiger charge is 2.20. The maximum atomic E-state index is 12.7. The molecule has 8 nitrogen and oxygen atoms in total. The Balaban J connectivity index is 4.21. The highest BCUT2D eigenvalue weighted by Crippen LogP contribution is 2.38. The Bertz CT molecular complexity index is 994. The van der Waals surface area contributed by atoms with Crippen LogP contribution in [0, 0.1) is 0 Å². The molecular formula is C47H90NO7P. The van der Waals surface area contributed by atoms with Crippen molar-refractivity contribution in [1.29, 1.82) is 0 Å². The lowest BCUT2D eigenvalue weighted by molar-refractivity contribution is -0.870. The second-order valence-electron chi connectivity index (χ2n) is 16.8. The summed E-state index contributed by atoms with van der Waals surface area (Å²) >= 11 is 0. The third-order valence-corrected chi connectivity index (χ3v) is 10.9. The molecule has 0 heterocycles. The van der Waals surface area contributed by atoms with Crippen molar-refractivity contribution in [2.45, 2.75) is 206 Å². The average molecular weight is 812 g/mol. The van der Waals surface area contributed by atoms with E-state index in [2.05, 4.69) is 50.3 Å². The number of phosphoric acid groups is 1. The summed E-state index contributed by atoms with van der Waals surface area (Å²) in [4.78, 5) is 25.1. The second-order valence-corrected chi connectivity index (χ2v) is 18.2. The number of carbonyl (C=O) groups excluding carboxylic acids is 1. The number of ether oxygens (including phenoxy) is 2. The van der Waals surface area contributed by atoms with Gasteiger partial charge in [0.15, 0.2) is 0 Å². The summed E-state index contributed by atoms with van der Waals surface area (Å²) in [7, 11) is 1.35. The van der Waals surface area contributed by atoms with Crippen molar-refractivity contribution in [3.8, 4) is 0 Å². The van der Waals surface area contributed by atoms with Crippen LogP contribution in [0.4, 0.5) is 0 Å². The van der Waals surface area contributed by atoms with Crippen LogP contribution in [0.5, 0.6) is 0 Å². The van der Waals surface area contributed by atoms with Gasteiger partial charge in [0.2, 0.25) is 0 Å². The number of likely N-dealkylation sites (N-methyl/N-ethyl adjacent to an activating group) is 1. The third-order valence-electron chi connectivity index (χ3n) is 9.91. The van der Waals surface area contributed by atoms with Crippen LogP contribution in [-0.4, -0.2) is 70.7 Å². The Morgan fingerprint density at radius 1 is 0.554 bits per heavy atom. The van der Waals surface area contributed by atoms with Crippen LogP contribution < -0.4 is 4.89 Å². The smallest absolute Gasteiger partial charge is 0.306 e. The zero-order chi connectivity index (χ0) is 41.3. The predicted octanol–water partition coefficient (Wildman–Crippen LogP) is 13.1. The van der Waals surface area contributed by atoms with E-state index in [4.69, 9.17) is 18.5 Å². The summed E-state index contributed by atoms with van der Waals surface area (Å²) in [5.74, 6) is -0.348. The first-order valence-electron chi connectivity index (χ1n) is 23.2. The van der Waals surface area contributed by atoms with Crippen molar-refractivity contribution in [2.24, 2.45) is 0 Å². The summed E-state index contributed by atoms with van der Waals surface area (Å²) in [5.41, 5.74) is 0. The minimum atomic E-state index is -4.53. The maximum Gasteiger partial charge on any atom is 0.306 e. The zero-order valence-corrected chi connectivity index (χ0v) is 38.2. The van der Waals surface area contributed by atoms with Crippen molar-refractivity contribution in [1.82, 2.24) is 0 Å². The second kappa shape index (κ2) is 40.5. The van der Waals surface area contributed by atoms with Gasteiger partial charge in [-0.05, 0) is 70.6 Å². The number of quaternary nitrogens is 1. The van der Waals surface area contributed by atoms with Gasteiger partial charge in [0.1, 0.15) is 19.3 Å². The Morgan fingerprint density at radius 3 is 1.50 bits per heavy atom. The molecule has 330 valence electrons. The summed E-state index contributed by atoms with van der Waals surface area (Å²) < 4.78 is 34.6. The number of rotatable bonds is 43. The molecule has 0 rings (SSSR count). The van der Waals surface area contributed by atoms with E-state index in [0.717, 1.165) is 57.8 Å². The molecule has 0 fully saturated rings. The summed E-state index contributed by atoms with van der Waals surface area (Å²) in [5, 5.41) is 0. The quantitative estimate of drug-likeness (QED) is 0.0199. The lowest BCUT2D eigenvalue weighted by atomic mass is 10.1. The van der Waals surface area contributed by atoms with Gasteiger partial charge in [0.25, 0.3) is 7.82 Å². The molecule has 0 aromatic carbocycles. The molecule has 9 heteroatoms. The number of allylic oxidation sites excluding steroid dienone is 6. The van der Waals surface area contributed by atoms with Crippen LogP contribution in [0.25, 0.3) is 0 Å². The Labute approximate surface area is 346 Å². The highest BCUT2D eigenvalue weighted by atomic mass is 31.2. The van der Waals surface area contributed by atoms with Crippen molar-refractivity contribution in [3.05, 3.63) is 36.5 Å². The fourth-order valence-corrected chi connectivity index (χ4v) is 7.01. The fraction of sp³-hybridized carbons (Fsp3) is 0.851. The molecule has 0 N–H and O–H groups in total. The van der Waals surface area contributed by atoms with Crippen LogP contribution in [0.1, 0.15) is 200 Å². The normalized spacial score (nSPS) is 14.0. The molecular weight excluding hydrogens is 721 g/mol. The molecule has 0 aliphatic heterocycles. The van der Waals surface area contributed by atoms with Crippen molar-refractivity contribution in [3.63, 3.8) is 0 Å². The van der Waals surface area contributed by atoms with Crippen molar-refractivity contribution >= 4 is 13.8 Å². The highest BCUT2D eigenvalue weighted by molar-refractivity contribution is 7.45. The van der Waals surface area contributed by atoms with Gasteiger partial charge in [0.05, 0.1) is 34.4 Å². The number of hydrogen-bond donors (Lipinski definition) is 0. The van der Waals surface area contributed by atoms with Crippen molar-refractivity contribution in [2.75, 3.05) is 54.1 Å². The van der Waals surface area contributed by atoms with Gasteiger partial charge in [-0.25, -0.2) is 0 Å². The first kappa shape index (κ1) is 54.7. The SMILES string of the molecule is CCCCC/C=C\C/C=C\CCCCCCCC(=O)OC(COCCCCCCCCCC/C=C\CCCCCCCCC)COP(=O)([O-])OCC[N+](C)(C)C. The Kier molecular flexibility index (Phi) is 39.6. The number of esters is 1. The van der Waals surface area contributed by atoms with Crippen LogP contribution in [0.15, 0.2) is 36.5 Å². The van der Waals surface area contributed by atoms with Crippen LogP contribution in [0.2, 0.25) is 0 Å². The van der Waals surface area contributed by atoms with Gasteiger partial charge >= 0.3 is 5.97 Å². The van der Waals surface area contributed by atoms with Gasteiger partial charge in [-0.2, -0.15) is 0 Å². The van der Waals surface area contributed by atoms with E-state index in [0.29, 0.717) is 24.1 Å². The fourth-order valence-electron chi connectivity index (χ4n) is 6.28. The van der Waals surface area contributed by atoms with Crippen LogP contribution in [-0.2, 0) is 27.9 Å². The van der Waals surface area contributed by atoms with E-state index in [9.17, 15) is 14.3 Å². The standard InChI is InChI=1S/C47H90NO7P/c1-6-8-10-12-14-16-18-20-22-23-24-25-27-29-31-33-35-37-39-42-52-44-46(45-54-56(50,51)53-43-41-48(3,4)5)55-47(49)40-38-36-34-32-30-28-26-21-19-17-15-13-11-9-7-2/h15,17,21-23,26,46H,6-14,16,18-20,24-25,27-45H2,1-5H3/b17-15-,23-22-,26-21-. The predicted molar refractivity (Wildman–Crippen MR) is 236 cm³/mol. The zero-order valence-electron chi connectivity index (χ0n) is 37.3. The van der Waals surface area contributed by atoms with E-state index in [-0.39, 0.29) is 25.8 Å². The van der Waals surface area contributed by atoms with Gasteiger partial charge in [-0.1, -0.05) is 159 Å². The third kappa shape index (κ3) is 43.8. The molecule has 0 saturated heterocycles. The number of unbranched alkanes of at least 4 members (excludes halogenated alkanes) is 23. The number of hydrogen-bond acceptors (Lipinski definition) is 7. The lowest BCUT2D eigenvalue weighted by Gasteiger charge is -2.28. The average Bonchev–Trinajstić information content (AvgIpc) is 3.15. The molecule has 0 spiro atoms. The van der Waals surface area contributed by atoms with Crippen LogP contribution in [0.3, 0.4) is 0 Å². The lowest BCUT2D eigenvalue weighted by Crippen LogP contribution is -2.37.